The van der Waals surface area contributed by atoms with Crippen LogP contribution < -0.4 is 10.2 Å². The Morgan fingerprint density at radius 3 is 2.83 bits per heavy atom. The second-order valence-corrected chi connectivity index (χ2v) is 9.99. The van der Waals surface area contributed by atoms with Gasteiger partial charge in [0.15, 0.2) is 5.13 Å². The number of piperazine rings is 1. The maximum Gasteiger partial charge on any atom is 0.263 e. The molecule has 0 spiro atoms. The molecule has 1 N–H and O–H groups in total. The molecular weight excluding hydrogens is 412 g/mol. The molecular formula is C23H30N4OS2. The van der Waals surface area contributed by atoms with Crippen molar-refractivity contribution in [2.75, 3.05) is 38.1 Å². The monoisotopic (exact) mass is 442 g/mol. The Balaban J connectivity index is 1.43. The summed E-state index contributed by atoms with van der Waals surface area (Å²) >= 11 is 3.30. The van der Waals surface area contributed by atoms with Crippen LogP contribution in [0.4, 0.5) is 5.13 Å². The number of hydrogen-bond acceptors (Lipinski definition) is 6. The lowest BCUT2D eigenvalue weighted by molar-refractivity contribution is 0.0938. The zero-order chi connectivity index (χ0) is 20.9. The van der Waals surface area contributed by atoms with Crippen LogP contribution in [0.25, 0.3) is 10.1 Å². The summed E-state index contributed by atoms with van der Waals surface area (Å²) in [6.45, 7) is 6.21. The number of nitrogens with zero attached hydrogens (tertiary/aromatic N) is 3. The number of carbonyl (C=O) groups excluding carboxylic acids is 1. The van der Waals surface area contributed by atoms with E-state index in [2.05, 4.69) is 63.7 Å². The van der Waals surface area contributed by atoms with Crippen molar-refractivity contribution in [3.63, 3.8) is 0 Å². The Hall–Kier alpha value is -1.96. The molecule has 5 nitrogen and oxygen atoms in total. The first-order chi connectivity index (χ1) is 14.6. The predicted octanol–water partition coefficient (Wildman–Crippen LogP) is 4.64. The number of nitrogens with one attached hydrogen (secondary N) is 1. The van der Waals surface area contributed by atoms with Gasteiger partial charge in [-0.05, 0) is 42.3 Å². The number of fused-ring (bicyclic) bond motifs is 1. The number of hydrogen-bond donors (Lipinski definition) is 1. The summed E-state index contributed by atoms with van der Waals surface area (Å²) in [5.41, 5.74) is 1.33. The van der Waals surface area contributed by atoms with E-state index in [0.717, 1.165) is 57.0 Å². The number of benzene rings is 1. The van der Waals surface area contributed by atoms with Gasteiger partial charge >= 0.3 is 0 Å². The van der Waals surface area contributed by atoms with Crippen molar-refractivity contribution in [3.8, 4) is 0 Å². The first kappa shape index (κ1) is 21.3. The number of thiophene rings is 1. The molecule has 1 aliphatic rings. The molecule has 0 aliphatic carbocycles. The summed E-state index contributed by atoms with van der Waals surface area (Å²) in [5, 5.41) is 7.82. The maximum atomic E-state index is 13.0. The fourth-order valence-electron chi connectivity index (χ4n) is 3.90. The quantitative estimate of drug-likeness (QED) is 0.552. The summed E-state index contributed by atoms with van der Waals surface area (Å²) in [5.74, 6) is 0.00788. The minimum atomic E-state index is 0.00788. The molecule has 1 aromatic carbocycles. The fourth-order valence-corrected chi connectivity index (χ4v) is 5.75. The first-order valence-electron chi connectivity index (χ1n) is 10.8. The highest BCUT2D eigenvalue weighted by Crippen LogP contribution is 2.28. The number of thiazole rings is 1. The Bertz CT molecular complexity index is 974. The van der Waals surface area contributed by atoms with Crippen molar-refractivity contribution in [2.24, 2.45) is 0 Å². The third-order valence-electron chi connectivity index (χ3n) is 5.76. The number of carbonyl (C=O) groups is 1. The highest BCUT2D eigenvalue weighted by atomic mass is 32.1. The van der Waals surface area contributed by atoms with Crippen LogP contribution in [0.2, 0.25) is 0 Å². The first-order valence-corrected chi connectivity index (χ1v) is 12.5. The second kappa shape index (κ2) is 9.90. The molecule has 1 unspecified atom stereocenters. The van der Waals surface area contributed by atoms with Crippen molar-refractivity contribution < 1.29 is 4.79 Å². The number of amides is 1. The highest BCUT2D eigenvalue weighted by molar-refractivity contribution is 7.17. The maximum absolute atomic E-state index is 13.0. The van der Waals surface area contributed by atoms with E-state index >= 15 is 0 Å². The average Bonchev–Trinajstić information content (AvgIpc) is 3.40. The molecule has 2 aromatic heterocycles. The molecule has 1 saturated heterocycles. The molecule has 3 heterocycles. The van der Waals surface area contributed by atoms with Gasteiger partial charge in [0, 0.05) is 36.9 Å². The fraction of sp³-hybridized carbons (Fsp3) is 0.478. The Morgan fingerprint density at radius 1 is 1.23 bits per heavy atom. The van der Waals surface area contributed by atoms with E-state index in [-0.39, 0.29) is 11.9 Å². The molecule has 160 valence electrons. The van der Waals surface area contributed by atoms with Crippen molar-refractivity contribution in [1.29, 1.82) is 0 Å². The van der Waals surface area contributed by atoms with Crippen LogP contribution in [0.5, 0.6) is 0 Å². The number of unbranched alkanes of at least 4 members (excludes halogenated alkanes) is 1. The minimum absolute atomic E-state index is 0.00788. The van der Waals surface area contributed by atoms with Crippen molar-refractivity contribution in [2.45, 2.75) is 38.6 Å². The van der Waals surface area contributed by atoms with Gasteiger partial charge in [0.2, 0.25) is 0 Å². The number of likely N-dealkylation sites (N-methyl/N-ethyl adjacent to an activating group) is 1. The van der Waals surface area contributed by atoms with Crippen LogP contribution >= 0.6 is 22.7 Å². The van der Waals surface area contributed by atoms with Crippen LogP contribution in [0.1, 0.15) is 41.4 Å². The molecule has 0 radical (unpaired) electrons. The Labute approximate surface area is 186 Å². The van der Waals surface area contributed by atoms with Crippen LogP contribution in [-0.2, 0) is 6.42 Å². The molecule has 4 rings (SSSR count). The van der Waals surface area contributed by atoms with E-state index in [4.69, 9.17) is 0 Å². The number of anilines is 1. The van der Waals surface area contributed by atoms with Crippen LogP contribution in [0, 0.1) is 0 Å². The highest BCUT2D eigenvalue weighted by Gasteiger charge is 2.21. The van der Waals surface area contributed by atoms with Crippen LogP contribution in [0.3, 0.4) is 0 Å². The standard InChI is InChI=1S/C23H30N4OS2/c1-3-4-7-18(14-17-16-29-20-9-6-5-8-19(17)20)25-22(28)21-15-24-23(30-21)27-12-10-26(2)11-13-27/h5-6,8-9,15-16,18H,3-4,7,10-14H2,1-2H3,(H,25,28). The summed E-state index contributed by atoms with van der Waals surface area (Å²) in [6.07, 6.45) is 5.86. The molecule has 0 bridgehead atoms. The normalized spacial score (nSPS) is 16.1. The van der Waals surface area contributed by atoms with E-state index < -0.39 is 0 Å². The minimum Gasteiger partial charge on any atom is -0.348 e. The lowest BCUT2D eigenvalue weighted by Crippen LogP contribution is -2.44. The summed E-state index contributed by atoms with van der Waals surface area (Å²) in [4.78, 5) is 22.9. The SMILES string of the molecule is CCCCC(Cc1csc2ccccc12)NC(=O)c1cnc(N2CCN(C)CC2)s1. The third-order valence-corrected chi connectivity index (χ3v) is 7.83. The summed E-state index contributed by atoms with van der Waals surface area (Å²) in [6, 6.07) is 8.67. The Morgan fingerprint density at radius 2 is 2.03 bits per heavy atom. The van der Waals surface area contributed by atoms with Crippen LogP contribution in [0.15, 0.2) is 35.8 Å². The Kier molecular flexibility index (Phi) is 7.02. The van der Waals surface area contributed by atoms with E-state index in [1.807, 2.05) is 0 Å². The van der Waals surface area contributed by atoms with Gasteiger partial charge in [-0.15, -0.1) is 11.3 Å². The largest absolute Gasteiger partial charge is 0.348 e. The third kappa shape index (κ3) is 5.02. The van der Waals surface area contributed by atoms with Gasteiger partial charge in [-0.3, -0.25) is 4.79 Å². The van der Waals surface area contributed by atoms with Gasteiger partial charge < -0.3 is 15.1 Å². The van der Waals surface area contributed by atoms with Crippen molar-refractivity contribution in [1.82, 2.24) is 15.2 Å². The molecule has 0 saturated carbocycles. The van der Waals surface area contributed by atoms with E-state index in [9.17, 15) is 4.79 Å². The van der Waals surface area contributed by atoms with Gasteiger partial charge in [-0.1, -0.05) is 49.3 Å². The second-order valence-electron chi connectivity index (χ2n) is 8.07. The van der Waals surface area contributed by atoms with E-state index in [0.29, 0.717) is 4.88 Å². The average molecular weight is 443 g/mol. The van der Waals surface area contributed by atoms with E-state index in [1.54, 1.807) is 17.5 Å². The van der Waals surface area contributed by atoms with E-state index in [1.165, 1.54) is 27.0 Å². The van der Waals surface area contributed by atoms with Crippen molar-refractivity contribution >= 4 is 43.8 Å². The lowest BCUT2D eigenvalue weighted by Gasteiger charge is -2.32. The van der Waals surface area contributed by atoms with Gasteiger partial charge in [0.1, 0.15) is 4.88 Å². The van der Waals surface area contributed by atoms with Gasteiger partial charge in [-0.2, -0.15) is 0 Å². The number of aromatic nitrogens is 1. The summed E-state index contributed by atoms with van der Waals surface area (Å²) < 4.78 is 1.31. The topological polar surface area (TPSA) is 48.5 Å². The number of rotatable bonds is 8. The van der Waals surface area contributed by atoms with Crippen LogP contribution in [-0.4, -0.2) is 55.1 Å². The molecule has 7 heteroatoms. The lowest BCUT2D eigenvalue weighted by atomic mass is 10.0. The molecule has 1 amide bonds. The predicted molar refractivity (Wildman–Crippen MR) is 128 cm³/mol. The molecule has 1 aliphatic heterocycles. The molecule has 3 aromatic rings. The van der Waals surface area contributed by atoms with Gasteiger partial charge in [0.25, 0.3) is 5.91 Å². The molecule has 1 fully saturated rings. The zero-order valence-corrected chi connectivity index (χ0v) is 19.4. The van der Waals surface area contributed by atoms with Gasteiger partial charge in [-0.25, -0.2) is 4.98 Å². The molecule has 30 heavy (non-hydrogen) atoms. The van der Waals surface area contributed by atoms with Gasteiger partial charge in [0.05, 0.1) is 6.20 Å². The van der Waals surface area contributed by atoms with Crippen molar-refractivity contribution in [3.05, 3.63) is 46.3 Å². The molecule has 1 atom stereocenters. The summed E-state index contributed by atoms with van der Waals surface area (Å²) in [7, 11) is 2.14. The zero-order valence-electron chi connectivity index (χ0n) is 17.8. The smallest absolute Gasteiger partial charge is 0.263 e.